The van der Waals surface area contributed by atoms with Crippen LogP contribution in [0.3, 0.4) is 0 Å². The molecule has 0 aromatic heterocycles. The molecule has 1 N–H and O–H groups in total. The van der Waals surface area contributed by atoms with E-state index in [9.17, 15) is 9.59 Å². The molecule has 2 rings (SSSR count). The molecule has 5 nitrogen and oxygen atoms in total. The van der Waals surface area contributed by atoms with E-state index in [4.69, 9.17) is 4.74 Å². The van der Waals surface area contributed by atoms with E-state index in [0.717, 1.165) is 17.3 Å². The number of likely N-dealkylation sites (N-methyl/N-ethyl adjacent to an activating group) is 1. The van der Waals surface area contributed by atoms with Gasteiger partial charge < -0.3 is 15.0 Å². The summed E-state index contributed by atoms with van der Waals surface area (Å²) in [6.07, 6.45) is 2.57. The lowest BCUT2D eigenvalue weighted by atomic mass is 10.00. The van der Waals surface area contributed by atoms with Gasteiger partial charge in [0.1, 0.15) is 11.8 Å². The first-order chi connectivity index (χ1) is 10.1. The number of likely N-dealkylation sites (tertiary alicyclic amines) is 1. The molecule has 0 spiro atoms. The van der Waals surface area contributed by atoms with Gasteiger partial charge in [-0.2, -0.15) is 0 Å². The summed E-state index contributed by atoms with van der Waals surface area (Å²) in [6, 6.07) is 4.88. The fraction of sp³-hybridized carbons (Fsp3) is 0.467. The van der Waals surface area contributed by atoms with Gasteiger partial charge in [-0.3, -0.25) is 9.59 Å². The van der Waals surface area contributed by atoms with E-state index in [2.05, 4.69) is 21.2 Å². The number of carbonyl (C=O) groups excluding carboxylic acids is 2. The highest BCUT2D eigenvalue weighted by Crippen LogP contribution is 2.27. The first kappa shape index (κ1) is 15.8. The van der Waals surface area contributed by atoms with Gasteiger partial charge in [-0.25, -0.2) is 0 Å². The molecule has 1 saturated heterocycles. The first-order valence-corrected chi connectivity index (χ1v) is 7.74. The van der Waals surface area contributed by atoms with Crippen LogP contribution in [0.15, 0.2) is 22.7 Å². The summed E-state index contributed by atoms with van der Waals surface area (Å²) in [5.74, 6) is 0.238. The summed E-state index contributed by atoms with van der Waals surface area (Å²) in [7, 11) is 3.13. The third-order valence-electron chi connectivity index (χ3n) is 3.71. The highest BCUT2D eigenvalue weighted by Gasteiger charge is 2.33. The van der Waals surface area contributed by atoms with Gasteiger partial charge in [-0.1, -0.05) is 15.9 Å². The van der Waals surface area contributed by atoms with E-state index in [1.165, 1.54) is 7.11 Å². The smallest absolute Gasteiger partial charge is 0.258 e. The lowest BCUT2D eigenvalue weighted by Gasteiger charge is -2.34. The minimum Gasteiger partial charge on any atom is -0.496 e. The van der Waals surface area contributed by atoms with Crippen molar-refractivity contribution < 1.29 is 14.3 Å². The van der Waals surface area contributed by atoms with Crippen LogP contribution in [0.1, 0.15) is 29.6 Å². The Hall–Kier alpha value is -1.56. The molecule has 1 aliphatic heterocycles. The summed E-state index contributed by atoms with van der Waals surface area (Å²) < 4.78 is 6.13. The predicted octanol–water partition coefficient (Wildman–Crippen LogP) is 2.20. The minimum absolute atomic E-state index is 0.112. The van der Waals surface area contributed by atoms with E-state index < -0.39 is 6.04 Å². The number of carbonyl (C=O) groups is 2. The Morgan fingerprint density at radius 2 is 2.14 bits per heavy atom. The van der Waals surface area contributed by atoms with Gasteiger partial charge in [0.25, 0.3) is 5.91 Å². The molecule has 0 aliphatic carbocycles. The molecule has 1 aromatic rings. The predicted molar refractivity (Wildman–Crippen MR) is 83.4 cm³/mol. The Kier molecular flexibility index (Phi) is 5.22. The van der Waals surface area contributed by atoms with E-state index >= 15 is 0 Å². The number of hydrogen-bond donors (Lipinski definition) is 1. The highest BCUT2D eigenvalue weighted by atomic mass is 79.9. The van der Waals surface area contributed by atoms with Crippen LogP contribution in [0, 0.1) is 0 Å². The van der Waals surface area contributed by atoms with Crippen LogP contribution in [0.2, 0.25) is 0 Å². The van der Waals surface area contributed by atoms with Crippen molar-refractivity contribution in [3.8, 4) is 5.75 Å². The second kappa shape index (κ2) is 6.93. The van der Waals surface area contributed by atoms with Gasteiger partial charge in [-0.15, -0.1) is 0 Å². The Morgan fingerprint density at radius 3 is 2.81 bits per heavy atom. The summed E-state index contributed by atoms with van der Waals surface area (Å²) in [4.78, 5) is 26.4. The van der Waals surface area contributed by atoms with Crippen molar-refractivity contribution in [3.63, 3.8) is 0 Å². The quantitative estimate of drug-likeness (QED) is 0.904. The summed E-state index contributed by atoms with van der Waals surface area (Å²) >= 11 is 3.36. The van der Waals surface area contributed by atoms with Crippen LogP contribution in [-0.2, 0) is 4.79 Å². The van der Waals surface area contributed by atoms with Crippen molar-refractivity contribution in [1.82, 2.24) is 10.2 Å². The summed E-state index contributed by atoms with van der Waals surface area (Å²) in [6.45, 7) is 0.593. The standard InChI is InChI=1S/C15H19BrN2O3/c1-17-14(19)12-5-3-4-8-18(12)15(20)11-7-6-10(16)9-13(11)21-2/h6-7,9,12H,3-5,8H2,1-2H3,(H,17,19). The molecule has 21 heavy (non-hydrogen) atoms. The average molecular weight is 355 g/mol. The number of benzene rings is 1. The fourth-order valence-corrected chi connectivity index (χ4v) is 2.95. The number of hydrogen-bond acceptors (Lipinski definition) is 3. The lowest BCUT2D eigenvalue weighted by Crippen LogP contribution is -2.51. The minimum atomic E-state index is -0.399. The Balaban J connectivity index is 2.31. The molecule has 1 unspecified atom stereocenters. The first-order valence-electron chi connectivity index (χ1n) is 6.94. The monoisotopic (exact) mass is 354 g/mol. The van der Waals surface area contributed by atoms with E-state index in [1.807, 2.05) is 0 Å². The molecule has 0 bridgehead atoms. The summed E-state index contributed by atoms with van der Waals surface area (Å²) in [5, 5.41) is 2.64. The van der Waals surface area contributed by atoms with Crippen molar-refractivity contribution in [2.45, 2.75) is 25.3 Å². The molecular weight excluding hydrogens is 336 g/mol. The lowest BCUT2D eigenvalue weighted by molar-refractivity contribution is -0.126. The highest BCUT2D eigenvalue weighted by molar-refractivity contribution is 9.10. The number of nitrogens with zero attached hydrogens (tertiary/aromatic N) is 1. The van der Waals surface area contributed by atoms with Crippen molar-refractivity contribution in [2.24, 2.45) is 0 Å². The molecular formula is C15H19BrN2O3. The molecule has 0 saturated carbocycles. The molecule has 1 fully saturated rings. The maximum Gasteiger partial charge on any atom is 0.258 e. The number of rotatable bonds is 3. The number of piperidine rings is 1. The van der Waals surface area contributed by atoms with Crippen LogP contribution >= 0.6 is 15.9 Å². The Labute approximate surface area is 132 Å². The molecule has 6 heteroatoms. The third kappa shape index (κ3) is 3.37. The number of ether oxygens (including phenoxy) is 1. The Bertz CT molecular complexity index is 548. The van der Waals surface area contributed by atoms with E-state index in [1.54, 1.807) is 30.1 Å². The van der Waals surface area contributed by atoms with Crippen LogP contribution in [0.5, 0.6) is 5.75 Å². The number of amides is 2. The zero-order chi connectivity index (χ0) is 15.4. The number of nitrogens with one attached hydrogen (secondary N) is 1. The van der Waals surface area contributed by atoms with Gasteiger partial charge in [0.05, 0.1) is 12.7 Å². The summed E-state index contributed by atoms with van der Waals surface area (Å²) in [5.41, 5.74) is 0.483. The van der Waals surface area contributed by atoms with E-state index in [0.29, 0.717) is 24.3 Å². The van der Waals surface area contributed by atoms with Crippen LogP contribution < -0.4 is 10.1 Å². The number of methoxy groups -OCH3 is 1. The van der Waals surface area contributed by atoms with Gasteiger partial charge in [0.2, 0.25) is 5.91 Å². The van der Waals surface area contributed by atoms with Gasteiger partial charge in [0.15, 0.2) is 0 Å². The largest absolute Gasteiger partial charge is 0.496 e. The van der Waals surface area contributed by atoms with Crippen molar-refractivity contribution in [1.29, 1.82) is 0 Å². The molecule has 2 amide bonds. The molecule has 0 radical (unpaired) electrons. The van der Waals surface area contributed by atoms with Gasteiger partial charge in [-0.05, 0) is 37.5 Å². The fourth-order valence-electron chi connectivity index (χ4n) is 2.61. The average Bonchev–Trinajstić information content (AvgIpc) is 2.53. The zero-order valence-electron chi connectivity index (χ0n) is 12.2. The van der Waals surface area contributed by atoms with Crippen LogP contribution in [0.4, 0.5) is 0 Å². The zero-order valence-corrected chi connectivity index (χ0v) is 13.8. The van der Waals surface area contributed by atoms with Crippen molar-refractivity contribution in [2.75, 3.05) is 20.7 Å². The Morgan fingerprint density at radius 1 is 1.38 bits per heavy atom. The molecule has 1 atom stereocenters. The van der Waals surface area contributed by atoms with Gasteiger partial charge in [0, 0.05) is 18.1 Å². The SMILES string of the molecule is CNC(=O)C1CCCCN1C(=O)c1ccc(Br)cc1OC. The van der Waals surface area contributed by atoms with Crippen LogP contribution in [0.25, 0.3) is 0 Å². The van der Waals surface area contributed by atoms with Crippen molar-refractivity contribution >= 4 is 27.7 Å². The second-order valence-electron chi connectivity index (χ2n) is 4.97. The van der Waals surface area contributed by atoms with Gasteiger partial charge >= 0.3 is 0 Å². The van der Waals surface area contributed by atoms with Crippen LogP contribution in [-0.4, -0.2) is 43.5 Å². The third-order valence-corrected chi connectivity index (χ3v) is 4.20. The molecule has 1 heterocycles. The van der Waals surface area contributed by atoms with Crippen molar-refractivity contribution in [3.05, 3.63) is 28.2 Å². The maximum absolute atomic E-state index is 12.8. The number of halogens is 1. The van der Waals surface area contributed by atoms with E-state index in [-0.39, 0.29) is 11.8 Å². The normalized spacial score (nSPS) is 18.2. The molecule has 114 valence electrons. The topological polar surface area (TPSA) is 58.6 Å². The molecule has 1 aliphatic rings. The molecule has 1 aromatic carbocycles. The second-order valence-corrected chi connectivity index (χ2v) is 5.88. The maximum atomic E-state index is 12.8.